The van der Waals surface area contributed by atoms with Gasteiger partial charge in [-0.15, -0.1) is 10.2 Å². The first-order chi connectivity index (χ1) is 14.7. The molecule has 156 valence electrons. The van der Waals surface area contributed by atoms with Gasteiger partial charge >= 0.3 is 0 Å². The molecule has 0 radical (unpaired) electrons. The van der Waals surface area contributed by atoms with Crippen LogP contribution in [0.4, 0.5) is 5.69 Å². The molecule has 3 aromatic rings. The predicted octanol–water partition coefficient (Wildman–Crippen LogP) is 3.25. The third-order valence-electron chi connectivity index (χ3n) is 5.08. The Morgan fingerprint density at radius 1 is 1.17 bits per heavy atom. The largest absolute Gasteiger partial charge is 0.369 e. The van der Waals surface area contributed by atoms with E-state index in [4.69, 9.17) is 16.6 Å². The molecule has 2 aromatic carbocycles. The fourth-order valence-corrected chi connectivity index (χ4v) is 3.80. The Hall–Kier alpha value is -3.06. The minimum absolute atomic E-state index is 0.314. The summed E-state index contributed by atoms with van der Waals surface area (Å²) in [6, 6.07) is 18.4. The molecule has 0 bridgehead atoms. The summed E-state index contributed by atoms with van der Waals surface area (Å²) in [4.78, 5) is 7.10. The number of nitrogens with one attached hydrogen (secondary N) is 2. The molecular weight excluding hydrogens is 398 g/mol. The fraction of sp³-hybridized carbons (Fsp3) is 0.318. The molecule has 1 saturated heterocycles. The summed E-state index contributed by atoms with van der Waals surface area (Å²) in [5.41, 5.74) is 2.18. The summed E-state index contributed by atoms with van der Waals surface area (Å²) < 4.78 is 1.96. The molecule has 1 unspecified atom stereocenters. The maximum atomic E-state index is 6.15. The number of guanidine groups is 1. The fourth-order valence-electron chi connectivity index (χ4n) is 3.62. The zero-order valence-electron chi connectivity index (χ0n) is 17.0. The second kappa shape index (κ2) is 9.63. The molecule has 7 nitrogen and oxygen atoms in total. The molecule has 1 aliphatic heterocycles. The van der Waals surface area contributed by atoms with Crippen LogP contribution in [0.5, 0.6) is 0 Å². The van der Waals surface area contributed by atoms with Crippen LogP contribution in [-0.4, -0.2) is 46.4 Å². The molecule has 1 fully saturated rings. The maximum Gasteiger partial charge on any atom is 0.191 e. The molecule has 2 N–H and O–H groups in total. The van der Waals surface area contributed by atoms with Gasteiger partial charge in [-0.3, -0.25) is 4.57 Å². The van der Waals surface area contributed by atoms with Gasteiger partial charge in [-0.05, 0) is 43.7 Å². The molecule has 1 aliphatic rings. The molecule has 0 spiro atoms. The van der Waals surface area contributed by atoms with E-state index < -0.39 is 0 Å². The normalized spacial score (nSPS) is 16.7. The smallest absolute Gasteiger partial charge is 0.191 e. The standard InChI is InChI=1S/C22H26ClN7/c1-2-24-22(25-14-21-28-26-16-30(21)19-8-4-3-5-9-19)27-18-11-12-29(15-18)20-10-6-7-17(23)13-20/h3-10,13,16,18H,2,11-12,14-15H2,1H3,(H2,24,25,27). The number of benzene rings is 2. The van der Waals surface area contributed by atoms with Crippen molar-refractivity contribution in [3.8, 4) is 5.69 Å². The number of hydrogen-bond donors (Lipinski definition) is 2. The Morgan fingerprint density at radius 2 is 2.00 bits per heavy atom. The summed E-state index contributed by atoms with van der Waals surface area (Å²) in [6.45, 7) is 5.19. The number of aromatic nitrogens is 3. The van der Waals surface area contributed by atoms with Crippen LogP contribution < -0.4 is 15.5 Å². The van der Waals surface area contributed by atoms with Gasteiger partial charge in [0, 0.05) is 42.1 Å². The van der Waals surface area contributed by atoms with Crippen LogP contribution in [-0.2, 0) is 6.54 Å². The minimum atomic E-state index is 0.314. The van der Waals surface area contributed by atoms with Crippen LogP contribution in [0, 0.1) is 0 Å². The lowest BCUT2D eigenvalue weighted by molar-refractivity contribution is 0.647. The number of nitrogens with zero attached hydrogens (tertiary/aromatic N) is 5. The molecular formula is C22H26ClN7. The van der Waals surface area contributed by atoms with E-state index in [1.165, 1.54) is 0 Å². The summed E-state index contributed by atoms with van der Waals surface area (Å²) in [7, 11) is 0. The van der Waals surface area contributed by atoms with Crippen LogP contribution in [0.25, 0.3) is 5.69 Å². The number of anilines is 1. The second-order valence-corrected chi connectivity index (χ2v) is 7.64. The van der Waals surface area contributed by atoms with Gasteiger partial charge in [-0.1, -0.05) is 35.9 Å². The zero-order chi connectivity index (χ0) is 20.8. The van der Waals surface area contributed by atoms with Crippen LogP contribution in [0.15, 0.2) is 65.9 Å². The lowest BCUT2D eigenvalue weighted by Crippen LogP contribution is -2.44. The third-order valence-corrected chi connectivity index (χ3v) is 5.31. The number of hydrogen-bond acceptors (Lipinski definition) is 4. The molecule has 30 heavy (non-hydrogen) atoms. The Morgan fingerprint density at radius 3 is 2.80 bits per heavy atom. The van der Waals surface area contributed by atoms with Crippen LogP contribution >= 0.6 is 11.6 Å². The second-order valence-electron chi connectivity index (χ2n) is 7.20. The van der Waals surface area contributed by atoms with Crippen molar-refractivity contribution < 1.29 is 0 Å². The zero-order valence-corrected chi connectivity index (χ0v) is 17.8. The van der Waals surface area contributed by atoms with Gasteiger partial charge in [0.05, 0.1) is 0 Å². The van der Waals surface area contributed by atoms with Gasteiger partial charge in [0.2, 0.25) is 0 Å². The van der Waals surface area contributed by atoms with E-state index in [0.717, 1.165) is 54.2 Å². The quantitative estimate of drug-likeness (QED) is 0.470. The van der Waals surface area contributed by atoms with E-state index in [-0.39, 0.29) is 0 Å². The Balaban J connectivity index is 1.41. The average molecular weight is 424 g/mol. The highest BCUT2D eigenvalue weighted by molar-refractivity contribution is 6.30. The maximum absolute atomic E-state index is 6.15. The van der Waals surface area contributed by atoms with Crippen molar-refractivity contribution in [3.05, 3.63) is 71.8 Å². The molecule has 0 aliphatic carbocycles. The molecule has 4 rings (SSSR count). The van der Waals surface area contributed by atoms with E-state index in [0.29, 0.717) is 12.6 Å². The van der Waals surface area contributed by atoms with E-state index in [9.17, 15) is 0 Å². The van der Waals surface area contributed by atoms with Crippen LogP contribution in [0.1, 0.15) is 19.2 Å². The lowest BCUT2D eigenvalue weighted by atomic mass is 10.2. The lowest BCUT2D eigenvalue weighted by Gasteiger charge is -2.20. The highest BCUT2D eigenvalue weighted by atomic mass is 35.5. The summed E-state index contributed by atoms with van der Waals surface area (Å²) in [5, 5.41) is 16.0. The highest BCUT2D eigenvalue weighted by Gasteiger charge is 2.23. The predicted molar refractivity (Wildman–Crippen MR) is 121 cm³/mol. The monoisotopic (exact) mass is 423 g/mol. The first-order valence-electron chi connectivity index (χ1n) is 10.2. The molecule has 1 atom stereocenters. The van der Waals surface area contributed by atoms with Gasteiger partial charge < -0.3 is 15.5 Å². The SMILES string of the molecule is CCNC(=NCc1nncn1-c1ccccc1)NC1CCN(c2cccc(Cl)c2)C1. The Bertz CT molecular complexity index is 986. The van der Waals surface area contributed by atoms with Crippen molar-refractivity contribution >= 4 is 23.2 Å². The van der Waals surface area contributed by atoms with E-state index >= 15 is 0 Å². The average Bonchev–Trinajstić information content (AvgIpc) is 3.42. The first kappa shape index (κ1) is 20.2. The number of para-hydroxylation sites is 1. The van der Waals surface area contributed by atoms with Crippen molar-refractivity contribution in [2.75, 3.05) is 24.5 Å². The topological polar surface area (TPSA) is 70.4 Å². The van der Waals surface area contributed by atoms with Crippen molar-refractivity contribution in [1.29, 1.82) is 0 Å². The minimum Gasteiger partial charge on any atom is -0.369 e. The molecule has 2 heterocycles. The number of rotatable bonds is 6. The molecule has 0 saturated carbocycles. The van der Waals surface area contributed by atoms with Gasteiger partial charge in [0.1, 0.15) is 12.9 Å². The Labute approximate surface area is 181 Å². The first-order valence-corrected chi connectivity index (χ1v) is 10.6. The van der Waals surface area contributed by atoms with E-state index in [1.807, 2.05) is 53.1 Å². The van der Waals surface area contributed by atoms with Gasteiger partial charge in [-0.2, -0.15) is 0 Å². The van der Waals surface area contributed by atoms with E-state index in [1.54, 1.807) is 6.33 Å². The summed E-state index contributed by atoms with van der Waals surface area (Å²) in [5.74, 6) is 1.59. The van der Waals surface area contributed by atoms with Gasteiger partial charge in [0.25, 0.3) is 0 Å². The van der Waals surface area contributed by atoms with Crippen molar-refractivity contribution in [3.63, 3.8) is 0 Å². The van der Waals surface area contributed by atoms with Gasteiger partial charge in [-0.25, -0.2) is 4.99 Å². The molecule has 0 amide bonds. The highest BCUT2D eigenvalue weighted by Crippen LogP contribution is 2.23. The third kappa shape index (κ3) is 4.91. The van der Waals surface area contributed by atoms with E-state index in [2.05, 4.69) is 38.7 Å². The van der Waals surface area contributed by atoms with Crippen molar-refractivity contribution in [2.45, 2.75) is 25.9 Å². The summed E-state index contributed by atoms with van der Waals surface area (Å²) >= 11 is 6.15. The van der Waals surface area contributed by atoms with Crippen molar-refractivity contribution in [2.24, 2.45) is 4.99 Å². The summed E-state index contributed by atoms with van der Waals surface area (Å²) in [6.07, 6.45) is 2.76. The van der Waals surface area contributed by atoms with Crippen LogP contribution in [0.2, 0.25) is 5.02 Å². The molecule has 8 heteroatoms. The number of halogens is 1. The number of aliphatic imine (C=N–C) groups is 1. The van der Waals surface area contributed by atoms with Gasteiger partial charge in [0.15, 0.2) is 11.8 Å². The molecule has 1 aromatic heterocycles. The Kier molecular flexibility index (Phi) is 6.49. The van der Waals surface area contributed by atoms with Crippen molar-refractivity contribution in [1.82, 2.24) is 25.4 Å². The van der Waals surface area contributed by atoms with Crippen LogP contribution in [0.3, 0.4) is 0 Å².